The highest BCUT2D eigenvalue weighted by molar-refractivity contribution is 5.89. The summed E-state index contributed by atoms with van der Waals surface area (Å²) in [4.78, 5) is 11.4. The first-order valence-corrected chi connectivity index (χ1v) is 6.81. The van der Waals surface area contributed by atoms with E-state index in [4.69, 9.17) is 9.47 Å². The van der Waals surface area contributed by atoms with E-state index in [1.807, 2.05) is 30.3 Å². The molecule has 0 aliphatic carbocycles. The van der Waals surface area contributed by atoms with Crippen molar-refractivity contribution in [2.75, 3.05) is 26.6 Å². The van der Waals surface area contributed by atoms with E-state index >= 15 is 0 Å². The Labute approximate surface area is 129 Å². The Bertz CT molecular complexity index is 638. The van der Waals surface area contributed by atoms with Gasteiger partial charge in [-0.3, -0.25) is 0 Å². The second kappa shape index (κ2) is 7.36. The summed E-state index contributed by atoms with van der Waals surface area (Å²) in [5.74, 6) is 1.16. The summed E-state index contributed by atoms with van der Waals surface area (Å²) in [6.07, 6.45) is 0. The summed E-state index contributed by atoms with van der Waals surface area (Å²) < 4.78 is 15.2. The molecule has 0 saturated heterocycles. The van der Waals surface area contributed by atoms with Gasteiger partial charge in [-0.05, 0) is 29.8 Å². The molecular weight excluding hydrogens is 282 g/mol. The number of rotatable bonds is 6. The Hall–Kier alpha value is -2.69. The van der Waals surface area contributed by atoms with E-state index in [2.05, 4.69) is 10.1 Å². The van der Waals surface area contributed by atoms with Gasteiger partial charge < -0.3 is 19.5 Å². The topological polar surface area (TPSA) is 56.8 Å². The number of benzene rings is 2. The maximum Gasteiger partial charge on any atom is 0.337 e. The maximum atomic E-state index is 11.4. The summed E-state index contributed by atoms with van der Waals surface area (Å²) in [7, 11) is 4.61. The van der Waals surface area contributed by atoms with Gasteiger partial charge in [-0.25, -0.2) is 4.79 Å². The molecule has 5 nitrogen and oxygen atoms in total. The van der Waals surface area contributed by atoms with Crippen LogP contribution in [0.3, 0.4) is 0 Å². The third-order valence-electron chi connectivity index (χ3n) is 3.26. The number of esters is 1. The summed E-state index contributed by atoms with van der Waals surface area (Å²) >= 11 is 0. The third-order valence-corrected chi connectivity index (χ3v) is 3.26. The van der Waals surface area contributed by atoms with Crippen LogP contribution in [0.15, 0.2) is 42.5 Å². The van der Waals surface area contributed by atoms with Gasteiger partial charge in [0.15, 0.2) is 0 Å². The van der Waals surface area contributed by atoms with Crippen molar-refractivity contribution >= 4 is 11.7 Å². The van der Waals surface area contributed by atoms with Crippen molar-refractivity contribution in [2.24, 2.45) is 0 Å². The zero-order chi connectivity index (χ0) is 15.9. The molecule has 0 saturated carbocycles. The highest BCUT2D eigenvalue weighted by Crippen LogP contribution is 2.29. The lowest BCUT2D eigenvalue weighted by atomic mass is 10.1. The Balaban J connectivity index is 2.08. The van der Waals surface area contributed by atoms with Gasteiger partial charge in [0.05, 0.1) is 32.6 Å². The van der Waals surface area contributed by atoms with Gasteiger partial charge in [-0.1, -0.05) is 12.1 Å². The normalized spacial score (nSPS) is 9.95. The Kier molecular flexibility index (Phi) is 5.25. The maximum absolute atomic E-state index is 11.4. The summed E-state index contributed by atoms with van der Waals surface area (Å²) in [6, 6.07) is 12.8. The fraction of sp³-hybridized carbons (Fsp3) is 0.235. The van der Waals surface area contributed by atoms with Crippen LogP contribution >= 0.6 is 0 Å². The van der Waals surface area contributed by atoms with Crippen LogP contribution in [0.1, 0.15) is 15.9 Å². The minimum Gasteiger partial charge on any atom is -0.497 e. The van der Waals surface area contributed by atoms with Gasteiger partial charge in [0, 0.05) is 12.6 Å². The molecule has 2 aromatic rings. The second-order valence-electron chi connectivity index (χ2n) is 4.61. The van der Waals surface area contributed by atoms with E-state index < -0.39 is 0 Å². The van der Waals surface area contributed by atoms with Gasteiger partial charge in [-0.2, -0.15) is 0 Å². The van der Waals surface area contributed by atoms with E-state index in [0.29, 0.717) is 12.1 Å². The van der Waals surface area contributed by atoms with Crippen molar-refractivity contribution < 1.29 is 19.0 Å². The molecule has 5 heteroatoms. The zero-order valence-electron chi connectivity index (χ0n) is 12.9. The number of hydrogen-bond acceptors (Lipinski definition) is 5. The minimum absolute atomic E-state index is 0.339. The average molecular weight is 301 g/mol. The SMILES string of the molecule is COC(=O)c1ccc(CNc2cc(OC)ccc2OC)cc1. The zero-order valence-corrected chi connectivity index (χ0v) is 12.9. The van der Waals surface area contributed by atoms with Crippen molar-refractivity contribution in [1.82, 2.24) is 0 Å². The van der Waals surface area contributed by atoms with Crippen molar-refractivity contribution in [3.05, 3.63) is 53.6 Å². The smallest absolute Gasteiger partial charge is 0.337 e. The van der Waals surface area contributed by atoms with Crippen LogP contribution in [-0.2, 0) is 11.3 Å². The molecule has 2 rings (SSSR count). The van der Waals surface area contributed by atoms with Crippen LogP contribution in [0.4, 0.5) is 5.69 Å². The van der Waals surface area contributed by atoms with Crippen LogP contribution < -0.4 is 14.8 Å². The molecule has 0 heterocycles. The molecule has 2 aromatic carbocycles. The van der Waals surface area contributed by atoms with Crippen LogP contribution in [0.2, 0.25) is 0 Å². The predicted molar refractivity (Wildman–Crippen MR) is 84.7 cm³/mol. The first-order valence-electron chi connectivity index (χ1n) is 6.81. The lowest BCUT2D eigenvalue weighted by molar-refractivity contribution is 0.0600. The van der Waals surface area contributed by atoms with Crippen LogP contribution in [0, 0.1) is 0 Å². The molecule has 116 valence electrons. The third kappa shape index (κ3) is 3.69. The molecule has 0 spiro atoms. The van der Waals surface area contributed by atoms with Crippen LogP contribution in [0.25, 0.3) is 0 Å². The average Bonchev–Trinajstić information content (AvgIpc) is 2.59. The largest absolute Gasteiger partial charge is 0.497 e. The van der Waals surface area contributed by atoms with Gasteiger partial charge in [0.25, 0.3) is 0 Å². The highest BCUT2D eigenvalue weighted by Gasteiger charge is 2.06. The van der Waals surface area contributed by atoms with Gasteiger partial charge in [0.2, 0.25) is 0 Å². The number of anilines is 1. The summed E-state index contributed by atoms with van der Waals surface area (Å²) in [5.41, 5.74) is 2.42. The summed E-state index contributed by atoms with van der Waals surface area (Å²) in [6.45, 7) is 0.602. The van der Waals surface area contributed by atoms with E-state index in [-0.39, 0.29) is 5.97 Å². The Morgan fingerprint density at radius 3 is 2.32 bits per heavy atom. The quantitative estimate of drug-likeness (QED) is 0.831. The highest BCUT2D eigenvalue weighted by atomic mass is 16.5. The number of hydrogen-bond donors (Lipinski definition) is 1. The van der Waals surface area contributed by atoms with Crippen LogP contribution in [-0.4, -0.2) is 27.3 Å². The van der Waals surface area contributed by atoms with E-state index in [1.54, 1.807) is 26.4 Å². The number of ether oxygens (including phenoxy) is 3. The Morgan fingerprint density at radius 2 is 1.73 bits per heavy atom. The first-order chi connectivity index (χ1) is 10.7. The Morgan fingerprint density at radius 1 is 1.00 bits per heavy atom. The number of carbonyl (C=O) groups excluding carboxylic acids is 1. The fourth-order valence-electron chi connectivity index (χ4n) is 2.03. The molecular formula is C17H19NO4. The van der Waals surface area contributed by atoms with E-state index in [1.165, 1.54) is 7.11 Å². The molecule has 0 amide bonds. The molecule has 0 bridgehead atoms. The van der Waals surface area contributed by atoms with Crippen molar-refractivity contribution in [3.8, 4) is 11.5 Å². The standard InChI is InChI=1S/C17H19NO4/c1-20-14-8-9-16(21-2)15(10-14)18-11-12-4-6-13(7-5-12)17(19)22-3/h4-10,18H,11H2,1-3H3. The molecule has 22 heavy (non-hydrogen) atoms. The first kappa shape index (κ1) is 15.7. The fourth-order valence-corrected chi connectivity index (χ4v) is 2.03. The van der Waals surface area contributed by atoms with Crippen molar-refractivity contribution in [2.45, 2.75) is 6.54 Å². The molecule has 0 aromatic heterocycles. The molecule has 0 aliphatic heterocycles. The van der Waals surface area contributed by atoms with Gasteiger partial charge in [-0.15, -0.1) is 0 Å². The lowest BCUT2D eigenvalue weighted by Crippen LogP contribution is -2.04. The van der Waals surface area contributed by atoms with Gasteiger partial charge in [0.1, 0.15) is 11.5 Å². The second-order valence-corrected chi connectivity index (χ2v) is 4.61. The monoisotopic (exact) mass is 301 g/mol. The molecule has 0 radical (unpaired) electrons. The number of nitrogens with one attached hydrogen (secondary N) is 1. The van der Waals surface area contributed by atoms with Crippen LogP contribution in [0.5, 0.6) is 11.5 Å². The van der Waals surface area contributed by atoms with E-state index in [9.17, 15) is 4.79 Å². The predicted octanol–water partition coefficient (Wildman–Crippen LogP) is 3.10. The number of methoxy groups -OCH3 is 3. The van der Waals surface area contributed by atoms with E-state index in [0.717, 1.165) is 22.7 Å². The lowest BCUT2D eigenvalue weighted by Gasteiger charge is -2.13. The molecule has 0 atom stereocenters. The molecule has 0 fully saturated rings. The van der Waals surface area contributed by atoms with Crippen molar-refractivity contribution in [1.29, 1.82) is 0 Å². The van der Waals surface area contributed by atoms with Gasteiger partial charge >= 0.3 is 5.97 Å². The summed E-state index contributed by atoms with van der Waals surface area (Å²) in [5, 5.41) is 3.30. The minimum atomic E-state index is -0.339. The molecule has 0 aliphatic rings. The van der Waals surface area contributed by atoms with Crippen molar-refractivity contribution in [3.63, 3.8) is 0 Å². The molecule has 0 unspecified atom stereocenters. The number of carbonyl (C=O) groups is 1. The molecule has 1 N–H and O–H groups in total.